The van der Waals surface area contributed by atoms with Crippen molar-refractivity contribution in [3.8, 4) is 0 Å². The molecule has 0 N–H and O–H groups in total. The Morgan fingerprint density at radius 1 is 0.857 bits per heavy atom. The first kappa shape index (κ1) is 26.5. The number of carbonyl (C=O) groups excluding carboxylic acids is 2. The first-order valence-corrected chi connectivity index (χ1v) is 8.00. The Bertz CT molecular complexity index is 681. The molecule has 166 valence electrons. The van der Waals surface area contributed by atoms with Gasteiger partial charge in [0.15, 0.2) is 10.1 Å². The molecular weight excluding hydrogens is 472 g/mol. The lowest BCUT2D eigenvalue weighted by Gasteiger charge is -2.27. The summed E-state index contributed by atoms with van der Waals surface area (Å²) in [5.74, 6) is -4.89. The highest BCUT2D eigenvalue weighted by Gasteiger charge is 2.66. The van der Waals surface area contributed by atoms with E-state index in [1.54, 1.807) is 0 Å². The van der Waals surface area contributed by atoms with Crippen LogP contribution in [0, 0.1) is 0 Å². The van der Waals surface area contributed by atoms with Crippen LogP contribution in [0.15, 0.2) is 0 Å². The molecule has 20 heteroatoms. The summed E-state index contributed by atoms with van der Waals surface area (Å²) in [6.45, 7) is 0. The van der Waals surface area contributed by atoms with Gasteiger partial charge in [0.1, 0.15) is 12.0 Å². The van der Waals surface area contributed by atoms with Crippen LogP contribution in [0.4, 0.5) is 35.1 Å². The number of alkyl halides is 8. The third-order valence-electron chi connectivity index (χ3n) is 2.18. The fraction of sp³-hybridized carbons (Fsp3) is 0.750. The fourth-order valence-electron chi connectivity index (χ4n) is 0.962. The number of hydrogen-bond donors (Lipinski definition) is 0. The molecular formula is C8H4F8O10S2-2. The van der Waals surface area contributed by atoms with Crippen molar-refractivity contribution >= 4 is 34.1 Å². The number of ether oxygens (including phenoxy) is 2. The van der Waals surface area contributed by atoms with E-state index in [-0.39, 0.29) is 0 Å². The van der Waals surface area contributed by atoms with Crippen molar-refractivity contribution in [3.63, 3.8) is 0 Å². The summed E-state index contributed by atoms with van der Waals surface area (Å²) in [4.78, 5) is 21.8. The molecule has 0 unspecified atom stereocenters. The van der Waals surface area contributed by atoms with Crippen LogP contribution in [0.3, 0.4) is 0 Å². The van der Waals surface area contributed by atoms with E-state index < -0.39 is 69.7 Å². The van der Waals surface area contributed by atoms with Crippen molar-refractivity contribution in [2.45, 2.75) is 35.6 Å². The SMILES string of the molecule is O=C(CCC(=O)OC(F)(F)C(F)(F)S(=O)(=O)[O-])OC(F)(F)C(F)(F)SOO[O-]. The Hall–Kier alpha value is -1.48. The van der Waals surface area contributed by atoms with Gasteiger partial charge < -0.3 is 19.3 Å². The second-order valence-corrected chi connectivity index (χ2v) is 6.43. The van der Waals surface area contributed by atoms with E-state index in [0.717, 1.165) is 0 Å². The molecule has 0 rings (SSSR count). The average molecular weight is 476 g/mol. The van der Waals surface area contributed by atoms with Crippen LogP contribution in [0.2, 0.25) is 0 Å². The first-order chi connectivity index (χ1) is 12.3. The van der Waals surface area contributed by atoms with Gasteiger partial charge in [-0.05, 0) is 0 Å². The second kappa shape index (κ2) is 8.90. The zero-order valence-electron chi connectivity index (χ0n) is 12.3. The van der Waals surface area contributed by atoms with Crippen LogP contribution >= 0.6 is 12.0 Å². The molecule has 0 radical (unpaired) electrons. The van der Waals surface area contributed by atoms with Gasteiger partial charge in [-0.3, -0.25) is 14.6 Å². The lowest BCUT2D eigenvalue weighted by molar-refractivity contribution is -0.777. The molecule has 0 fully saturated rings. The number of esters is 2. The number of rotatable bonds is 11. The molecule has 0 aromatic carbocycles. The molecule has 0 saturated carbocycles. The molecule has 0 atom stereocenters. The van der Waals surface area contributed by atoms with Crippen molar-refractivity contribution in [3.05, 3.63) is 0 Å². The summed E-state index contributed by atoms with van der Waals surface area (Å²) >= 11 is -1.59. The van der Waals surface area contributed by atoms with E-state index in [2.05, 4.69) is 18.8 Å². The minimum absolute atomic E-state index is 1.59. The van der Waals surface area contributed by atoms with Gasteiger partial charge in [-0.1, -0.05) is 0 Å². The maximum atomic E-state index is 13.0. The van der Waals surface area contributed by atoms with Crippen molar-refractivity contribution in [2.75, 3.05) is 0 Å². The van der Waals surface area contributed by atoms with Gasteiger partial charge in [-0.25, -0.2) is 8.42 Å². The average Bonchev–Trinajstić information content (AvgIpc) is 2.48. The van der Waals surface area contributed by atoms with Gasteiger partial charge in [0.05, 0.1) is 12.8 Å². The summed E-state index contributed by atoms with van der Waals surface area (Å²) in [7, 11) is -7.02. The van der Waals surface area contributed by atoms with Crippen molar-refractivity contribution in [2.24, 2.45) is 0 Å². The van der Waals surface area contributed by atoms with E-state index in [1.807, 2.05) is 0 Å². The van der Waals surface area contributed by atoms with Gasteiger partial charge in [0, 0.05) is 0 Å². The Kier molecular flexibility index (Phi) is 8.43. The van der Waals surface area contributed by atoms with E-state index in [4.69, 9.17) is 0 Å². The molecule has 0 aliphatic heterocycles. The van der Waals surface area contributed by atoms with Crippen LogP contribution in [-0.4, -0.2) is 47.6 Å². The lowest BCUT2D eigenvalue weighted by atomic mass is 10.3. The van der Waals surface area contributed by atoms with Gasteiger partial charge >= 0.3 is 34.7 Å². The van der Waals surface area contributed by atoms with Crippen LogP contribution in [-0.2, 0) is 38.6 Å². The molecule has 0 aliphatic carbocycles. The second-order valence-electron chi connectivity index (χ2n) is 4.19. The molecule has 0 bridgehead atoms. The van der Waals surface area contributed by atoms with E-state index in [1.165, 1.54) is 0 Å². The number of carbonyl (C=O) groups is 2. The smallest absolute Gasteiger partial charge is 0.481 e. The van der Waals surface area contributed by atoms with E-state index >= 15 is 0 Å². The Morgan fingerprint density at radius 2 is 1.25 bits per heavy atom. The summed E-state index contributed by atoms with van der Waals surface area (Å²) in [6, 6.07) is 0. The number of halogens is 8. The molecule has 10 nitrogen and oxygen atoms in total. The van der Waals surface area contributed by atoms with E-state index in [0.29, 0.717) is 0 Å². The fourth-order valence-corrected chi connectivity index (χ4v) is 1.55. The maximum Gasteiger partial charge on any atom is 0.481 e. The Labute approximate surface area is 152 Å². The Morgan fingerprint density at radius 3 is 1.61 bits per heavy atom. The van der Waals surface area contributed by atoms with Gasteiger partial charge in [-0.15, -0.1) is 0 Å². The molecule has 0 aromatic rings. The third kappa shape index (κ3) is 6.55. The van der Waals surface area contributed by atoms with Crippen LogP contribution < -0.4 is 5.26 Å². The highest BCUT2D eigenvalue weighted by Crippen LogP contribution is 2.44. The minimum atomic E-state index is -7.02. The molecule has 0 aromatic heterocycles. The third-order valence-corrected chi connectivity index (χ3v) is 3.61. The zero-order chi connectivity index (χ0) is 22.6. The predicted molar refractivity (Wildman–Crippen MR) is 60.7 cm³/mol. The first-order valence-electron chi connectivity index (χ1n) is 5.85. The van der Waals surface area contributed by atoms with Gasteiger partial charge in [0.2, 0.25) is 0 Å². The zero-order valence-corrected chi connectivity index (χ0v) is 14.0. The quantitative estimate of drug-likeness (QED) is 0.103. The highest BCUT2D eigenvalue weighted by molar-refractivity contribution is 7.95. The topological polar surface area (TPSA) is 151 Å². The molecule has 0 amide bonds. The summed E-state index contributed by atoms with van der Waals surface area (Å²) in [5, 5.41) is -0.183. The molecule has 0 saturated heterocycles. The lowest BCUT2D eigenvalue weighted by Crippen LogP contribution is -2.49. The molecule has 0 aliphatic rings. The number of hydrogen-bond acceptors (Lipinski definition) is 11. The maximum absolute atomic E-state index is 13.0. The molecule has 0 spiro atoms. The van der Waals surface area contributed by atoms with Crippen LogP contribution in [0.25, 0.3) is 0 Å². The van der Waals surface area contributed by atoms with E-state index in [9.17, 15) is 62.9 Å². The summed E-state index contributed by atoms with van der Waals surface area (Å²) in [5.41, 5.74) is 0. The monoisotopic (exact) mass is 476 g/mol. The van der Waals surface area contributed by atoms with Gasteiger partial charge in [0.25, 0.3) is 0 Å². The summed E-state index contributed by atoms with van der Waals surface area (Å²) < 4.78 is 141. The predicted octanol–water partition coefficient (Wildman–Crippen LogP) is 0.641. The van der Waals surface area contributed by atoms with Crippen molar-refractivity contribution in [1.29, 1.82) is 0 Å². The molecule has 28 heavy (non-hydrogen) atoms. The van der Waals surface area contributed by atoms with Crippen molar-refractivity contribution in [1.82, 2.24) is 0 Å². The summed E-state index contributed by atoms with van der Waals surface area (Å²) in [6.07, 6.45) is -15.4. The standard InChI is InChI=1S/C8H6F8O10S2/c9-5(10,7(13,14)27-26-25-19)23-3(17)1-2-4(18)24-6(11,12)8(15,16)28(20,21)22/h19H,1-2H2,(H,20,21,22)/p-2. The highest BCUT2D eigenvalue weighted by atomic mass is 32.2. The minimum Gasteiger partial charge on any atom is -0.743 e. The van der Waals surface area contributed by atoms with Crippen LogP contribution in [0.1, 0.15) is 12.8 Å². The largest absolute Gasteiger partial charge is 0.743 e. The van der Waals surface area contributed by atoms with Crippen molar-refractivity contribution < 1.29 is 81.8 Å². The Balaban J connectivity index is 4.86. The van der Waals surface area contributed by atoms with Gasteiger partial charge in [-0.2, -0.15) is 39.5 Å². The molecule has 0 heterocycles. The normalized spacial score (nSPS) is 13.9. The van der Waals surface area contributed by atoms with Crippen LogP contribution in [0.5, 0.6) is 0 Å².